The number of benzene rings is 2. The molecule has 5 N–H and O–H groups in total. The summed E-state index contributed by atoms with van der Waals surface area (Å²) in [5.41, 5.74) is 9.15. The Kier molecular flexibility index (Phi) is 7.92. The van der Waals surface area contributed by atoms with Crippen molar-refractivity contribution in [2.24, 2.45) is 5.73 Å². The predicted octanol–water partition coefficient (Wildman–Crippen LogP) is 3.87. The summed E-state index contributed by atoms with van der Waals surface area (Å²) in [6, 6.07) is 12.7. The number of aromatic nitrogens is 3. The topological polar surface area (TPSA) is 118 Å². The molecule has 200 valence electrons. The summed E-state index contributed by atoms with van der Waals surface area (Å²) >= 11 is 6.22. The van der Waals surface area contributed by atoms with E-state index in [2.05, 4.69) is 15.3 Å². The minimum atomic E-state index is -0.524. The first-order valence-corrected chi connectivity index (χ1v) is 13.1. The molecule has 1 fully saturated rings. The smallest absolute Gasteiger partial charge is 0.354 e. The van der Waals surface area contributed by atoms with E-state index in [1.54, 1.807) is 24.4 Å². The van der Waals surface area contributed by atoms with Crippen molar-refractivity contribution in [3.63, 3.8) is 0 Å². The molecule has 8 nitrogen and oxygen atoms in total. The van der Waals surface area contributed by atoms with Crippen LogP contribution >= 0.6 is 11.6 Å². The molecule has 0 amide bonds. The van der Waals surface area contributed by atoms with Gasteiger partial charge < -0.3 is 25.9 Å². The standard InChI is InChI=1S/C28H31ClFN5O3/c1-16(31)3-2-4-17-9-22(26(30)23(29)10-17)24-11-19-12-35(28(37)34-27(19)33-24)21-7-5-18(6-8-21)25-15-38-14-20(13-36)32-25/h5-12,16,20,25,32,36H,2-4,13-15,31H2,1H3,(H,33,34,37)/t16-,20+,25+/m0/s1. The lowest BCUT2D eigenvalue weighted by Gasteiger charge is -2.30. The van der Waals surface area contributed by atoms with E-state index in [0.717, 1.165) is 30.4 Å². The Morgan fingerprint density at radius 1 is 1.26 bits per heavy atom. The van der Waals surface area contributed by atoms with Gasteiger partial charge in [-0.2, -0.15) is 4.98 Å². The summed E-state index contributed by atoms with van der Waals surface area (Å²) in [5, 5.41) is 13.5. The number of morpholine rings is 1. The Bertz CT molecular complexity index is 1480. The number of fused-ring (bicyclic) bond motifs is 1. The van der Waals surface area contributed by atoms with Crippen molar-refractivity contribution in [3.8, 4) is 16.9 Å². The number of ether oxygens (including phenoxy) is 1. The molecule has 4 aromatic rings. The molecule has 5 rings (SSSR count). The fourth-order valence-corrected chi connectivity index (χ4v) is 5.05. The number of halogens is 2. The molecular weight excluding hydrogens is 509 g/mol. The van der Waals surface area contributed by atoms with Gasteiger partial charge in [-0.25, -0.2) is 9.18 Å². The van der Waals surface area contributed by atoms with Crippen molar-refractivity contribution in [2.75, 3.05) is 19.8 Å². The van der Waals surface area contributed by atoms with E-state index in [1.807, 2.05) is 31.2 Å². The van der Waals surface area contributed by atoms with E-state index in [1.165, 1.54) is 4.57 Å². The van der Waals surface area contributed by atoms with Crippen molar-refractivity contribution in [3.05, 3.63) is 81.1 Å². The molecule has 2 aromatic carbocycles. The molecule has 10 heteroatoms. The first-order chi connectivity index (χ1) is 18.3. The van der Waals surface area contributed by atoms with Crippen molar-refractivity contribution in [2.45, 2.75) is 44.3 Å². The van der Waals surface area contributed by atoms with Gasteiger partial charge in [0.05, 0.1) is 48.3 Å². The number of nitrogens with two attached hydrogens (primary N) is 1. The highest BCUT2D eigenvalue weighted by atomic mass is 35.5. The van der Waals surface area contributed by atoms with Crippen LogP contribution in [0.5, 0.6) is 0 Å². The largest absolute Gasteiger partial charge is 0.395 e. The Morgan fingerprint density at radius 3 is 2.79 bits per heavy atom. The van der Waals surface area contributed by atoms with E-state index in [9.17, 15) is 9.90 Å². The van der Waals surface area contributed by atoms with Gasteiger partial charge in [0.25, 0.3) is 0 Å². The number of rotatable bonds is 8. The van der Waals surface area contributed by atoms with Gasteiger partial charge in [0.15, 0.2) is 5.82 Å². The Labute approximate surface area is 224 Å². The highest BCUT2D eigenvalue weighted by molar-refractivity contribution is 6.31. The zero-order chi connectivity index (χ0) is 26.8. The van der Waals surface area contributed by atoms with Gasteiger partial charge in [0.1, 0.15) is 5.65 Å². The summed E-state index contributed by atoms with van der Waals surface area (Å²) in [7, 11) is 0. The van der Waals surface area contributed by atoms with Crippen molar-refractivity contribution < 1.29 is 14.2 Å². The lowest BCUT2D eigenvalue weighted by Crippen LogP contribution is -2.45. The van der Waals surface area contributed by atoms with Crippen LogP contribution in [0.1, 0.15) is 36.9 Å². The van der Waals surface area contributed by atoms with Crippen LogP contribution in [0.2, 0.25) is 5.02 Å². The second kappa shape index (κ2) is 11.3. The number of nitrogens with zero attached hydrogens (tertiary/aromatic N) is 2. The summed E-state index contributed by atoms with van der Waals surface area (Å²) in [6.45, 7) is 2.94. The maximum atomic E-state index is 15.0. The lowest BCUT2D eigenvalue weighted by molar-refractivity contribution is 0.0265. The third kappa shape index (κ3) is 5.67. The normalized spacial score (nSPS) is 18.7. The van der Waals surface area contributed by atoms with Crippen molar-refractivity contribution in [1.82, 2.24) is 19.9 Å². The molecule has 1 aliphatic heterocycles. The van der Waals surface area contributed by atoms with E-state index >= 15 is 4.39 Å². The molecular formula is C28H31ClFN5O3. The van der Waals surface area contributed by atoms with Crippen molar-refractivity contribution in [1.29, 1.82) is 0 Å². The Hall–Kier alpha value is -3.08. The van der Waals surface area contributed by atoms with Crippen LogP contribution < -0.4 is 16.7 Å². The molecule has 38 heavy (non-hydrogen) atoms. The predicted molar refractivity (Wildman–Crippen MR) is 146 cm³/mol. The van der Waals surface area contributed by atoms with Gasteiger partial charge in [-0.05, 0) is 67.6 Å². The van der Waals surface area contributed by atoms with Crippen LogP contribution in [0.4, 0.5) is 4.39 Å². The van der Waals surface area contributed by atoms with E-state index < -0.39 is 11.5 Å². The number of aliphatic hydroxyl groups excluding tert-OH is 1. The zero-order valence-corrected chi connectivity index (χ0v) is 21.8. The zero-order valence-electron chi connectivity index (χ0n) is 21.1. The molecule has 0 bridgehead atoms. The Morgan fingerprint density at radius 2 is 2.05 bits per heavy atom. The van der Waals surface area contributed by atoms with Gasteiger partial charge in [0, 0.05) is 23.2 Å². The van der Waals surface area contributed by atoms with Gasteiger partial charge in [-0.1, -0.05) is 23.7 Å². The molecule has 0 unspecified atom stereocenters. The van der Waals surface area contributed by atoms with E-state index in [0.29, 0.717) is 41.2 Å². The molecule has 0 spiro atoms. The molecule has 1 aliphatic rings. The number of nitrogens with one attached hydrogen (secondary N) is 2. The minimum absolute atomic E-state index is 0.00226. The fraction of sp³-hybridized carbons (Fsp3) is 0.357. The SMILES string of the molecule is C[C@H](N)CCCc1cc(Cl)c(F)c(-c2cc3cn(-c4ccc([C@H]5COC[C@@H](CO)N5)cc4)c(=O)nc3[nH]2)c1. The molecule has 3 heterocycles. The second-order valence-electron chi connectivity index (χ2n) is 9.92. The first kappa shape index (κ1) is 26.5. The maximum Gasteiger partial charge on any atom is 0.354 e. The fourth-order valence-electron chi connectivity index (χ4n) is 4.81. The molecule has 1 saturated heterocycles. The average Bonchev–Trinajstić information content (AvgIpc) is 3.32. The van der Waals surface area contributed by atoms with Crippen LogP contribution in [0.15, 0.2) is 53.5 Å². The number of H-pyrrole nitrogens is 1. The number of hydrogen-bond acceptors (Lipinski definition) is 6. The molecule has 0 saturated carbocycles. The van der Waals surface area contributed by atoms with Gasteiger partial charge in [0.2, 0.25) is 0 Å². The van der Waals surface area contributed by atoms with Crippen LogP contribution in [0.3, 0.4) is 0 Å². The molecule has 0 aliphatic carbocycles. The summed E-state index contributed by atoms with van der Waals surface area (Å²) in [5.74, 6) is -0.524. The van der Waals surface area contributed by atoms with E-state index in [-0.39, 0.29) is 29.8 Å². The van der Waals surface area contributed by atoms with Crippen LogP contribution in [0.25, 0.3) is 28.0 Å². The highest BCUT2D eigenvalue weighted by Crippen LogP contribution is 2.31. The lowest BCUT2D eigenvalue weighted by atomic mass is 10.0. The monoisotopic (exact) mass is 539 g/mol. The summed E-state index contributed by atoms with van der Waals surface area (Å²) in [6.07, 6.45) is 4.16. The molecule has 2 aromatic heterocycles. The van der Waals surface area contributed by atoms with Crippen LogP contribution in [0, 0.1) is 5.82 Å². The molecule has 0 radical (unpaired) electrons. The number of aryl methyl sites for hydroxylation is 1. The average molecular weight is 540 g/mol. The number of aliphatic hydroxyl groups is 1. The first-order valence-electron chi connectivity index (χ1n) is 12.7. The minimum Gasteiger partial charge on any atom is -0.395 e. The third-order valence-electron chi connectivity index (χ3n) is 6.85. The molecule has 3 atom stereocenters. The Balaban J connectivity index is 1.43. The van der Waals surface area contributed by atoms with Gasteiger partial charge in [-0.3, -0.25) is 4.57 Å². The van der Waals surface area contributed by atoms with Gasteiger partial charge in [-0.15, -0.1) is 0 Å². The summed E-state index contributed by atoms with van der Waals surface area (Å²) < 4.78 is 22.1. The van der Waals surface area contributed by atoms with Crippen molar-refractivity contribution >= 4 is 22.6 Å². The number of aromatic amines is 1. The van der Waals surface area contributed by atoms with Crippen LogP contribution in [-0.4, -0.2) is 51.5 Å². The quantitative estimate of drug-likeness (QED) is 0.270. The highest BCUT2D eigenvalue weighted by Gasteiger charge is 2.22. The third-order valence-corrected chi connectivity index (χ3v) is 7.12. The van der Waals surface area contributed by atoms with E-state index in [4.69, 9.17) is 22.1 Å². The maximum absolute atomic E-state index is 15.0. The van der Waals surface area contributed by atoms with Crippen LogP contribution in [-0.2, 0) is 11.2 Å². The second-order valence-corrected chi connectivity index (χ2v) is 10.3. The van der Waals surface area contributed by atoms with Gasteiger partial charge >= 0.3 is 5.69 Å². The summed E-state index contributed by atoms with van der Waals surface area (Å²) in [4.78, 5) is 20.1. The number of hydrogen-bond donors (Lipinski definition) is 4.